The van der Waals surface area contributed by atoms with Crippen molar-refractivity contribution in [1.29, 1.82) is 0 Å². The van der Waals surface area contributed by atoms with E-state index in [-0.39, 0.29) is 30.1 Å². The molecule has 0 aromatic heterocycles. The molecule has 3 aliphatic heterocycles. The van der Waals surface area contributed by atoms with Crippen LogP contribution in [0.5, 0.6) is 5.75 Å². The quantitative estimate of drug-likeness (QED) is 0.793. The van der Waals surface area contributed by atoms with Gasteiger partial charge in [-0.15, -0.1) is 0 Å². The second kappa shape index (κ2) is 8.80. The molecular formula is C24H28N4O4. The lowest BCUT2D eigenvalue weighted by Gasteiger charge is -2.63. The highest BCUT2D eigenvalue weighted by molar-refractivity contribution is 5.89. The summed E-state index contributed by atoms with van der Waals surface area (Å²) in [5, 5.41) is 2.99. The number of rotatable bonds is 4. The molecule has 3 amide bonds. The van der Waals surface area contributed by atoms with E-state index in [1.54, 1.807) is 0 Å². The maximum atomic E-state index is 13.0. The zero-order valence-electron chi connectivity index (χ0n) is 18.0. The van der Waals surface area contributed by atoms with Gasteiger partial charge in [0.1, 0.15) is 5.75 Å². The molecular weight excluding hydrogens is 408 g/mol. The molecule has 0 aliphatic carbocycles. The lowest BCUT2D eigenvalue weighted by Crippen LogP contribution is -2.81. The predicted molar refractivity (Wildman–Crippen MR) is 120 cm³/mol. The Morgan fingerprint density at radius 3 is 2.44 bits per heavy atom. The van der Waals surface area contributed by atoms with Gasteiger partial charge in [-0.2, -0.15) is 0 Å². The van der Waals surface area contributed by atoms with Crippen LogP contribution in [0.3, 0.4) is 0 Å². The molecule has 2 aromatic rings. The molecule has 3 fully saturated rings. The van der Waals surface area contributed by atoms with Gasteiger partial charge >= 0.3 is 6.03 Å². The lowest BCUT2D eigenvalue weighted by atomic mass is 9.82. The fraction of sp³-hybridized carbons (Fsp3) is 0.417. The van der Waals surface area contributed by atoms with E-state index < -0.39 is 0 Å². The third-order valence-corrected chi connectivity index (χ3v) is 6.49. The van der Waals surface area contributed by atoms with Crippen LogP contribution in [0.15, 0.2) is 60.7 Å². The largest absolute Gasteiger partial charge is 0.484 e. The molecule has 3 aliphatic rings. The van der Waals surface area contributed by atoms with E-state index in [4.69, 9.17) is 9.47 Å². The van der Waals surface area contributed by atoms with Gasteiger partial charge in [-0.25, -0.2) is 4.79 Å². The first kappa shape index (κ1) is 20.8. The number of para-hydroxylation sites is 2. The third kappa shape index (κ3) is 4.16. The number of benzene rings is 2. The molecule has 0 radical (unpaired) electrons. The molecule has 8 nitrogen and oxygen atoms in total. The predicted octanol–water partition coefficient (Wildman–Crippen LogP) is 1.89. The number of likely N-dealkylation sites (tertiary alicyclic amines) is 1. The summed E-state index contributed by atoms with van der Waals surface area (Å²) in [4.78, 5) is 31.8. The number of nitrogens with zero attached hydrogens (tertiary/aromatic N) is 3. The minimum absolute atomic E-state index is 0.0187. The highest BCUT2D eigenvalue weighted by Gasteiger charge is 2.56. The van der Waals surface area contributed by atoms with Crippen molar-refractivity contribution in [2.75, 3.05) is 57.9 Å². The number of piperazine rings is 1. The zero-order valence-corrected chi connectivity index (χ0v) is 18.0. The maximum Gasteiger partial charge on any atom is 0.321 e. The molecule has 1 atom stereocenters. The van der Waals surface area contributed by atoms with Gasteiger partial charge in [-0.1, -0.05) is 36.4 Å². The Bertz CT molecular complexity index is 949. The first-order valence-electron chi connectivity index (χ1n) is 11.0. The summed E-state index contributed by atoms with van der Waals surface area (Å²) < 4.78 is 11.3. The molecule has 1 N–H and O–H groups in total. The Morgan fingerprint density at radius 1 is 1.00 bits per heavy atom. The van der Waals surface area contributed by atoms with Crippen molar-refractivity contribution >= 4 is 17.6 Å². The van der Waals surface area contributed by atoms with Crippen molar-refractivity contribution < 1.29 is 19.1 Å². The summed E-state index contributed by atoms with van der Waals surface area (Å²) in [5.74, 6) is 0.654. The highest BCUT2D eigenvalue weighted by Crippen LogP contribution is 2.36. The Morgan fingerprint density at radius 2 is 1.69 bits per heavy atom. The fourth-order valence-corrected chi connectivity index (χ4v) is 4.95. The lowest BCUT2D eigenvalue weighted by molar-refractivity contribution is -0.173. The summed E-state index contributed by atoms with van der Waals surface area (Å²) in [6, 6.07) is 18.9. The van der Waals surface area contributed by atoms with E-state index in [0.29, 0.717) is 45.1 Å². The molecule has 0 saturated carbocycles. The van der Waals surface area contributed by atoms with Crippen molar-refractivity contribution in [2.24, 2.45) is 0 Å². The van der Waals surface area contributed by atoms with Gasteiger partial charge in [0.15, 0.2) is 6.61 Å². The van der Waals surface area contributed by atoms with E-state index in [0.717, 1.165) is 12.2 Å². The van der Waals surface area contributed by atoms with Crippen molar-refractivity contribution in [1.82, 2.24) is 14.7 Å². The molecule has 0 bridgehead atoms. The number of ether oxygens (including phenoxy) is 2. The monoisotopic (exact) mass is 436 g/mol. The number of carbonyl (C=O) groups is 2. The zero-order chi connectivity index (χ0) is 22.0. The fourth-order valence-electron chi connectivity index (χ4n) is 4.95. The molecule has 1 spiro atoms. The van der Waals surface area contributed by atoms with Gasteiger partial charge in [0.25, 0.3) is 5.91 Å². The standard InChI is InChI=1S/C24H28N4O4/c29-22(15-32-21-9-5-2-6-10-21)27-17-24(18-27)16-26(13-20-14-31-12-11-28(20)24)23(30)25-19-7-3-1-4-8-19/h1-10,20H,11-18H2,(H,25,30)/t20-/m1/s1. The van der Waals surface area contributed by atoms with Crippen LogP contribution < -0.4 is 10.1 Å². The number of morpholine rings is 1. The van der Waals surface area contributed by atoms with Crippen molar-refractivity contribution in [3.63, 3.8) is 0 Å². The minimum atomic E-state index is -0.233. The van der Waals surface area contributed by atoms with Crippen molar-refractivity contribution in [2.45, 2.75) is 11.6 Å². The smallest absolute Gasteiger partial charge is 0.321 e. The number of carbonyl (C=O) groups excluding carboxylic acids is 2. The normalized spacial score (nSPS) is 22.1. The first-order valence-corrected chi connectivity index (χ1v) is 11.0. The number of urea groups is 1. The topological polar surface area (TPSA) is 74.3 Å². The van der Waals surface area contributed by atoms with Crippen molar-refractivity contribution in [3.8, 4) is 5.75 Å². The summed E-state index contributed by atoms with van der Waals surface area (Å²) in [6.07, 6.45) is 0. The molecule has 168 valence electrons. The van der Waals surface area contributed by atoms with Crippen LogP contribution in [0.25, 0.3) is 0 Å². The first-order chi connectivity index (χ1) is 15.6. The van der Waals surface area contributed by atoms with Crippen LogP contribution in [-0.4, -0.2) is 90.8 Å². The highest BCUT2D eigenvalue weighted by atomic mass is 16.5. The van der Waals surface area contributed by atoms with Crippen LogP contribution in [0.1, 0.15) is 0 Å². The molecule has 0 unspecified atom stereocenters. The van der Waals surface area contributed by atoms with Crippen LogP contribution in [0.4, 0.5) is 10.5 Å². The number of fused-ring (bicyclic) bond motifs is 2. The van der Waals surface area contributed by atoms with Crippen LogP contribution in [0, 0.1) is 0 Å². The molecule has 3 saturated heterocycles. The summed E-state index contributed by atoms with van der Waals surface area (Å²) in [6.45, 7) is 4.51. The van der Waals surface area contributed by atoms with Gasteiger partial charge < -0.3 is 24.6 Å². The van der Waals surface area contributed by atoms with Gasteiger partial charge in [-0.05, 0) is 24.3 Å². The molecule has 2 aromatic carbocycles. The van der Waals surface area contributed by atoms with Gasteiger partial charge in [0, 0.05) is 38.4 Å². The average Bonchev–Trinajstić information content (AvgIpc) is 2.81. The number of amides is 3. The Balaban J connectivity index is 1.23. The van der Waals surface area contributed by atoms with E-state index in [2.05, 4.69) is 10.2 Å². The van der Waals surface area contributed by atoms with Gasteiger partial charge in [-0.3, -0.25) is 9.69 Å². The Kier molecular flexibility index (Phi) is 5.71. The SMILES string of the molecule is O=C(COc1ccccc1)N1CC2(C1)CN(C(=O)Nc1ccccc1)C[C@@H]1COCCN12. The van der Waals surface area contributed by atoms with Crippen LogP contribution in [-0.2, 0) is 9.53 Å². The maximum absolute atomic E-state index is 13.0. The van der Waals surface area contributed by atoms with Crippen molar-refractivity contribution in [3.05, 3.63) is 60.7 Å². The number of hydrogen-bond donors (Lipinski definition) is 1. The molecule has 32 heavy (non-hydrogen) atoms. The van der Waals surface area contributed by atoms with E-state index in [1.807, 2.05) is 70.5 Å². The van der Waals surface area contributed by atoms with Crippen LogP contribution in [0.2, 0.25) is 0 Å². The Hall–Kier alpha value is -3.10. The summed E-state index contributed by atoms with van der Waals surface area (Å²) in [5.41, 5.74) is 0.542. The Labute approximate surface area is 187 Å². The van der Waals surface area contributed by atoms with E-state index >= 15 is 0 Å². The second-order valence-corrected chi connectivity index (χ2v) is 8.67. The average molecular weight is 437 g/mol. The third-order valence-electron chi connectivity index (χ3n) is 6.49. The summed E-state index contributed by atoms with van der Waals surface area (Å²) in [7, 11) is 0. The van der Waals surface area contributed by atoms with E-state index in [9.17, 15) is 9.59 Å². The number of nitrogens with one attached hydrogen (secondary N) is 1. The van der Waals surface area contributed by atoms with Gasteiger partial charge in [0.2, 0.25) is 0 Å². The number of hydrogen-bond acceptors (Lipinski definition) is 5. The van der Waals surface area contributed by atoms with Crippen LogP contribution >= 0.6 is 0 Å². The molecule has 5 rings (SSSR count). The number of anilines is 1. The van der Waals surface area contributed by atoms with Gasteiger partial charge in [0.05, 0.1) is 24.8 Å². The summed E-state index contributed by atoms with van der Waals surface area (Å²) >= 11 is 0. The second-order valence-electron chi connectivity index (χ2n) is 8.67. The molecule has 3 heterocycles. The van der Waals surface area contributed by atoms with E-state index in [1.165, 1.54) is 0 Å². The molecule has 8 heteroatoms. The minimum Gasteiger partial charge on any atom is -0.484 e.